The summed E-state index contributed by atoms with van der Waals surface area (Å²) in [5.74, 6) is 1.82. The van der Waals surface area contributed by atoms with Crippen LogP contribution in [0.5, 0.6) is 11.5 Å². The van der Waals surface area contributed by atoms with Crippen molar-refractivity contribution in [1.82, 2.24) is 0 Å². The first-order chi connectivity index (χ1) is 8.47. The molecule has 0 radical (unpaired) electrons. The molecule has 18 heavy (non-hydrogen) atoms. The van der Waals surface area contributed by atoms with Crippen molar-refractivity contribution in [2.75, 3.05) is 0 Å². The molecular weight excluding hydrogens is 220 g/mol. The van der Waals surface area contributed by atoms with Crippen molar-refractivity contribution < 1.29 is 4.74 Å². The minimum Gasteiger partial charge on any atom is -0.457 e. The molecule has 0 bridgehead atoms. The molecule has 0 heterocycles. The number of ether oxygens (including phenoxy) is 1. The van der Waals surface area contributed by atoms with E-state index in [9.17, 15) is 0 Å². The third kappa shape index (κ3) is 2.92. The molecule has 0 saturated carbocycles. The summed E-state index contributed by atoms with van der Waals surface area (Å²) in [5.41, 5.74) is 2.59. The summed E-state index contributed by atoms with van der Waals surface area (Å²) < 4.78 is 5.94. The second-order valence-electron chi connectivity index (χ2n) is 5.65. The normalized spacial score (nSPS) is 11.3. The van der Waals surface area contributed by atoms with E-state index in [1.54, 1.807) is 0 Å². The standard InChI is InChI=1S/C17H20O/c1-13-10-11-14(17(2,3)4)12-16(13)18-15-8-6-5-7-9-15/h5-12H,1-4H3. The van der Waals surface area contributed by atoms with Gasteiger partial charge in [-0.1, -0.05) is 51.1 Å². The number of benzene rings is 2. The van der Waals surface area contributed by atoms with E-state index < -0.39 is 0 Å². The zero-order valence-corrected chi connectivity index (χ0v) is 11.5. The zero-order chi connectivity index (χ0) is 13.2. The van der Waals surface area contributed by atoms with Gasteiger partial charge < -0.3 is 4.74 Å². The molecule has 0 atom stereocenters. The first-order valence-corrected chi connectivity index (χ1v) is 6.31. The van der Waals surface area contributed by atoms with Crippen molar-refractivity contribution >= 4 is 0 Å². The molecular formula is C17H20O. The van der Waals surface area contributed by atoms with Crippen molar-refractivity contribution in [1.29, 1.82) is 0 Å². The Balaban J connectivity index is 2.33. The van der Waals surface area contributed by atoms with E-state index in [-0.39, 0.29) is 5.41 Å². The second-order valence-corrected chi connectivity index (χ2v) is 5.65. The molecule has 0 amide bonds. The van der Waals surface area contributed by atoms with E-state index in [0.717, 1.165) is 17.1 Å². The molecule has 0 unspecified atom stereocenters. The van der Waals surface area contributed by atoms with Crippen LogP contribution in [0.4, 0.5) is 0 Å². The third-order valence-corrected chi connectivity index (χ3v) is 3.03. The third-order valence-electron chi connectivity index (χ3n) is 3.03. The van der Waals surface area contributed by atoms with E-state index in [4.69, 9.17) is 4.74 Å². The predicted octanol–water partition coefficient (Wildman–Crippen LogP) is 5.08. The monoisotopic (exact) mass is 240 g/mol. The fourth-order valence-electron chi connectivity index (χ4n) is 1.79. The highest BCUT2D eigenvalue weighted by molar-refractivity contribution is 5.42. The number of aryl methyl sites for hydroxylation is 1. The van der Waals surface area contributed by atoms with Crippen LogP contribution in [0.1, 0.15) is 31.9 Å². The molecule has 2 aromatic carbocycles. The van der Waals surface area contributed by atoms with Gasteiger partial charge in [0.1, 0.15) is 11.5 Å². The van der Waals surface area contributed by atoms with Gasteiger partial charge in [0.2, 0.25) is 0 Å². The summed E-state index contributed by atoms with van der Waals surface area (Å²) in [6.07, 6.45) is 0. The van der Waals surface area contributed by atoms with Gasteiger partial charge in [0.05, 0.1) is 0 Å². The van der Waals surface area contributed by atoms with Gasteiger partial charge >= 0.3 is 0 Å². The summed E-state index contributed by atoms with van der Waals surface area (Å²) in [6.45, 7) is 8.71. The maximum absolute atomic E-state index is 5.94. The highest BCUT2D eigenvalue weighted by atomic mass is 16.5. The van der Waals surface area contributed by atoms with Gasteiger partial charge in [-0.3, -0.25) is 0 Å². The van der Waals surface area contributed by atoms with Crippen LogP contribution in [-0.2, 0) is 5.41 Å². The predicted molar refractivity (Wildman–Crippen MR) is 76.4 cm³/mol. The number of para-hydroxylation sites is 1. The number of rotatable bonds is 2. The molecule has 2 aromatic rings. The Morgan fingerprint density at radius 1 is 0.889 bits per heavy atom. The number of hydrogen-bond acceptors (Lipinski definition) is 1. The lowest BCUT2D eigenvalue weighted by molar-refractivity contribution is 0.475. The van der Waals surface area contributed by atoms with Crippen molar-refractivity contribution in [3.63, 3.8) is 0 Å². The summed E-state index contributed by atoms with van der Waals surface area (Å²) >= 11 is 0. The molecule has 94 valence electrons. The lowest BCUT2D eigenvalue weighted by Gasteiger charge is -2.20. The molecule has 0 aliphatic carbocycles. The molecule has 2 rings (SSSR count). The maximum Gasteiger partial charge on any atom is 0.130 e. The molecule has 0 aliphatic rings. The maximum atomic E-state index is 5.94. The summed E-state index contributed by atoms with van der Waals surface area (Å²) in [5, 5.41) is 0. The molecule has 1 heteroatoms. The van der Waals surface area contributed by atoms with Crippen LogP contribution in [0.15, 0.2) is 48.5 Å². The summed E-state index contributed by atoms with van der Waals surface area (Å²) in [4.78, 5) is 0. The minimum atomic E-state index is 0.141. The molecule has 0 aliphatic heterocycles. The smallest absolute Gasteiger partial charge is 0.130 e. The van der Waals surface area contributed by atoms with Gasteiger partial charge in [-0.25, -0.2) is 0 Å². The molecule has 0 aromatic heterocycles. The summed E-state index contributed by atoms with van der Waals surface area (Å²) in [7, 11) is 0. The van der Waals surface area contributed by atoms with Crippen molar-refractivity contribution in [3.05, 3.63) is 59.7 Å². The van der Waals surface area contributed by atoms with E-state index in [1.807, 2.05) is 30.3 Å². The first-order valence-electron chi connectivity index (χ1n) is 6.31. The summed E-state index contributed by atoms with van der Waals surface area (Å²) in [6, 6.07) is 16.3. The fraction of sp³-hybridized carbons (Fsp3) is 0.294. The largest absolute Gasteiger partial charge is 0.457 e. The Labute approximate surface area is 109 Å². The van der Waals surface area contributed by atoms with Gasteiger partial charge in [-0.2, -0.15) is 0 Å². The van der Waals surface area contributed by atoms with Gasteiger partial charge in [-0.15, -0.1) is 0 Å². The Morgan fingerprint density at radius 3 is 2.17 bits per heavy atom. The Hall–Kier alpha value is -1.76. The highest BCUT2D eigenvalue weighted by Crippen LogP contribution is 2.30. The lowest BCUT2D eigenvalue weighted by atomic mass is 9.86. The van der Waals surface area contributed by atoms with Crippen molar-refractivity contribution in [2.24, 2.45) is 0 Å². The lowest BCUT2D eigenvalue weighted by Crippen LogP contribution is -2.11. The van der Waals surface area contributed by atoms with Crippen LogP contribution >= 0.6 is 0 Å². The highest BCUT2D eigenvalue weighted by Gasteiger charge is 2.15. The first kappa shape index (κ1) is 12.7. The average Bonchev–Trinajstić information content (AvgIpc) is 2.32. The van der Waals surface area contributed by atoms with Crippen LogP contribution in [0.3, 0.4) is 0 Å². The Morgan fingerprint density at radius 2 is 1.56 bits per heavy atom. The van der Waals surface area contributed by atoms with E-state index in [2.05, 4.69) is 45.9 Å². The number of hydrogen-bond donors (Lipinski definition) is 0. The molecule has 1 nitrogen and oxygen atoms in total. The van der Waals surface area contributed by atoms with E-state index >= 15 is 0 Å². The quantitative estimate of drug-likeness (QED) is 0.711. The zero-order valence-electron chi connectivity index (χ0n) is 11.5. The van der Waals surface area contributed by atoms with Gasteiger partial charge in [0.15, 0.2) is 0 Å². The van der Waals surface area contributed by atoms with Crippen LogP contribution in [-0.4, -0.2) is 0 Å². The van der Waals surface area contributed by atoms with E-state index in [0.29, 0.717) is 0 Å². The van der Waals surface area contributed by atoms with Crippen molar-refractivity contribution in [3.8, 4) is 11.5 Å². The molecule has 0 spiro atoms. The fourth-order valence-corrected chi connectivity index (χ4v) is 1.79. The minimum absolute atomic E-state index is 0.141. The SMILES string of the molecule is Cc1ccc(C(C)(C)C)cc1Oc1ccccc1. The molecule has 0 saturated heterocycles. The van der Waals surface area contributed by atoms with Crippen LogP contribution in [0.25, 0.3) is 0 Å². The second kappa shape index (κ2) is 4.85. The molecule has 0 fully saturated rings. The molecule has 0 N–H and O–H groups in total. The van der Waals surface area contributed by atoms with Gasteiger partial charge in [0.25, 0.3) is 0 Å². The van der Waals surface area contributed by atoms with Gasteiger partial charge in [-0.05, 0) is 41.7 Å². The Kier molecular flexibility index (Phi) is 3.42. The topological polar surface area (TPSA) is 9.23 Å². The average molecular weight is 240 g/mol. The van der Waals surface area contributed by atoms with Crippen molar-refractivity contribution in [2.45, 2.75) is 33.1 Å². The van der Waals surface area contributed by atoms with Crippen LogP contribution in [0, 0.1) is 6.92 Å². The van der Waals surface area contributed by atoms with Crippen LogP contribution < -0.4 is 4.74 Å². The van der Waals surface area contributed by atoms with E-state index in [1.165, 1.54) is 5.56 Å². The van der Waals surface area contributed by atoms with Gasteiger partial charge in [0, 0.05) is 0 Å². The Bertz CT molecular complexity index is 521. The van der Waals surface area contributed by atoms with Crippen LogP contribution in [0.2, 0.25) is 0 Å².